The van der Waals surface area contributed by atoms with Crippen LogP contribution in [0, 0.1) is 17.3 Å². The van der Waals surface area contributed by atoms with Crippen LogP contribution in [0.15, 0.2) is 18.2 Å². The van der Waals surface area contributed by atoms with Gasteiger partial charge in [0, 0.05) is 6.92 Å². The Morgan fingerprint density at radius 1 is 1.30 bits per heavy atom. The van der Waals surface area contributed by atoms with Crippen molar-refractivity contribution >= 4 is 28.4 Å². The average molecular weight is 459 g/mol. The molecule has 0 aromatic heterocycles. The zero-order valence-corrected chi connectivity index (χ0v) is 18.8. The summed E-state index contributed by atoms with van der Waals surface area (Å²) in [5.74, 6) is 1.79. The molecule has 30 heavy (non-hydrogen) atoms. The Kier molecular flexibility index (Phi) is 7.03. The Balaban J connectivity index is 0.000000377. The van der Waals surface area contributed by atoms with Crippen LogP contribution in [0.2, 0.25) is 0 Å². The van der Waals surface area contributed by atoms with Crippen molar-refractivity contribution in [2.45, 2.75) is 64.4 Å². The number of benzene rings is 1. The van der Waals surface area contributed by atoms with Gasteiger partial charge in [-0.3, -0.25) is 9.52 Å². The maximum absolute atomic E-state index is 11.1. The number of aliphatic hydroxyl groups is 1. The predicted octanol–water partition coefficient (Wildman–Crippen LogP) is 2.73. The Morgan fingerprint density at radius 3 is 2.63 bits per heavy atom. The van der Waals surface area contributed by atoms with Crippen molar-refractivity contribution in [2.75, 3.05) is 0 Å². The summed E-state index contributed by atoms with van der Waals surface area (Å²) >= 11 is 0.310. The number of carbonyl (C=O) groups is 1. The molecular weight excluding hydrogens is 428 g/mol. The van der Waals surface area contributed by atoms with E-state index in [0.29, 0.717) is 35.7 Å². The normalized spacial score (nSPS) is 32.0. The van der Waals surface area contributed by atoms with Gasteiger partial charge in [0.15, 0.2) is 0 Å². The molecule has 4 rings (SSSR count). The van der Waals surface area contributed by atoms with Gasteiger partial charge >= 0.3 is 10.3 Å². The summed E-state index contributed by atoms with van der Waals surface area (Å²) < 4.78 is 36.9. The van der Waals surface area contributed by atoms with Crippen molar-refractivity contribution in [1.82, 2.24) is 4.72 Å². The first kappa shape index (κ1) is 23.3. The van der Waals surface area contributed by atoms with Gasteiger partial charge in [0.25, 0.3) is 0 Å². The lowest BCUT2D eigenvalue weighted by molar-refractivity contribution is -0.117. The van der Waals surface area contributed by atoms with Crippen LogP contribution in [0.4, 0.5) is 0 Å². The van der Waals surface area contributed by atoms with Crippen LogP contribution in [0.5, 0.6) is 5.75 Å². The van der Waals surface area contributed by atoms with Gasteiger partial charge in [0.05, 0.1) is 6.10 Å². The molecule has 0 saturated heterocycles. The van der Waals surface area contributed by atoms with Crippen LogP contribution < -0.4 is 14.0 Å². The maximum Gasteiger partial charge on any atom is 0.380 e. The molecule has 10 heteroatoms. The van der Waals surface area contributed by atoms with Gasteiger partial charge in [0.2, 0.25) is 5.91 Å². The molecule has 3 aliphatic rings. The fourth-order valence-electron chi connectivity index (χ4n) is 5.78. The predicted molar refractivity (Wildman–Crippen MR) is 115 cm³/mol. The van der Waals surface area contributed by atoms with E-state index in [1.165, 1.54) is 18.1 Å². The monoisotopic (exact) mass is 458 g/mol. The van der Waals surface area contributed by atoms with Crippen molar-refractivity contribution in [3.8, 4) is 5.75 Å². The number of hydrogen-bond acceptors (Lipinski definition) is 7. The molecule has 5 unspecified atom stereocenters. The molecule has 1 amide bonds. The van der Waals surface area contributed by atoms with Crippen molar-refractivity contribution in [3.63, 3.8) is 0 Å². The number of aryl methyl sites for hydroxylation is 1. The maximum atomic E-state index is 11.1. The number of amides is 1. The number of fused-ring (bicyclic) bond motifs is 5. The molecule has 0 heterocycles. The largest absolute Gasteiger partial charge is 0.393 e. The summed E-state index contributed by atoms with van der Waals surface area (Å²) in [6.07, 6.45) is 6.09. The van der Waals surface area contributed by atoms with E-state index in [9.17, 15) is 18.3 Å². The second-order valence-electron chi connectivity index (χ2n) is 8.74. The molecule has 168 valence electrons. The minimum absolute atomic E-state index is 0.0787. The summed E-state index contributed by atoms with van der Waals surface area (Å²) in [5.41, 5.74) is 2.59. The van der Waals surface area contributed by atoms with Crippen molar-refractivity contribution in [1.29, 1.82) is 0 Å². The molecular formula is C20H30N2O6S2. The molecule has 8 nitrogen and oxygen atoms in total. The quantitative estimate of drug-likeness (QED) is 0.403. The van der Waals surface area contributed by atoms with E-state index in [1.807, 2.05) is 16.9 Å². The summed E-state index contributed by atoms with van der Waals surface area (Å²) in [6.45, 7) is 3.59. The Bertz CT molecular complexity index is 893. The number of hydrogen-bond donors (Lipinski definition) is 4. The third-order valence-corrected chi connectivity index (χ3v) is 7.85. The van der Waals surface area contributed by atoms with Gasteiger partial charge in [-0.25, -0.2) is 0 Å². The van der Waals surface area contributed by atoms with Gasteiger partial charge in [-0.2, -0.15) is 13.6 Å². The molecule has 0 aliphatic heterocycles. The van der Waals surface area contributed by atoms with E-state index in [0.717, 1.165) is 38.5 Å². The second kappa shape index (κ2) is 9.04. The first-order valence-electron chi connectivity index (χ1n) is 10.1. The lowest BCUT2D eigenvalue weighted by Gasteiger charge is -2.50. The standard InChI is InChI=1S/C18H25NO4S.C2H5NO2S/c1-18-9-8-14-13-5-3-12(23-24(19,21)22)10-11(13)2-4-15(14)16(18)6-7-17(18)20;1-2(4)3-6-5/h3,5,10,14-17,20H,2,4,6-9H2,1H3,(H2,19,21,22);5H,1H3,(H,3,4). The molecule has 5 atom stereocenters. The number of nitrogens with two attached hydrogens (primary N) is 1. The number of rotatable bonds is 3. The van der Waals surface area contributed by atoms with E-state index in [-0.39, 0.29) is 17.4 Å². The van der Waals surface area contributed by atoms with E-state index < -0.39 is 10.3 Å². The SMILES string of the molecule is CC(=O)NSO.CC12CCC3c4ccc(OS(N)(=O)=O)cc4CCC3C1CCC2O. The van der Waals surface area contributed by atoms with Crippen molar-refractivity contribution in [3.05, 3.63) is 29.3 Å². The summed E-state index contributed by atoms with van der Waals surface area (Å²) in [5, 5.41) is 15.4. The smallest absolute Gasteiger partial charge is 0.380 e. The Labute approximate surface area is 182 Å². The second-order valence-corrected chi connectivity index (χ2v) is 10.3. The van der Waals surface area contributed by atoms with Crippen LogP contribution in [0.3, 0.4) is 0 Å². The molecule has 3 aliphatic carbocycles. The highest BCUT2D eigenvalue weighted by molar-refractivity contribution is 7.92. The molecule has 2 saturated carbocycles. The third-order valence-electron chi connectivity index (χ3n) is 7.05. The van der Waals surface area contributed by atoms with E-state index in [1.54, 1.807) is 6.07 Å². The van der Waals surface area contributed by atoms with Crippen LogP contribution in [0.1, 0.15) is 63.0 Å². The van der Waals surface area contributed by atoms with Crippen molar-refractivity contribution in [2.24, 2.45) is 22.4 Å². The first-order valence-corrected chi connectivity index (χ1v) is 12.4. The zero-order chi connectivity index (χ0) is 22.1. The Morgan fingerprint density at radius 2 is 2.03 bits per heavy atom. The molecule has 1 aromatic carbocycles. The van der Waals surface area contributed by atoms with Gasteiger partial charge < -0.3 is 13.8 Å². The summed E-state index contributed by atoms with van der Waals surface area (Å²) in [4.78, 5) is 9.75. The van der Waals surface area contributed by atoms with Crippen LogP contribution in [0.25, 0.3) is 0 Å². The van der Waals surface area contributed by atoms with E-state index >= 15 is 0 Å². The van der Waals surface area contributed by atoms with Gasteiger partial charge in [0.1, 0.15) is 18.0 Å². The van der Waals surface area contributed by atoms with Crippen molar-refractivity contribution < 1.29 is 27.1 Å². The molecule has 5 N–H and O–H groups in total. The van der Waals surface area contributed by atoms with Gasteiger partial charge in [-0.1, -0.05) is 13.0 Å². The molecule has 0 spiro atoms. The summed E-state index contributed by atoms with van der Waals surface area (Å²) in [7, 11) is -3.98. The lowest BCUT2D eigenvalue weighted by atomic mass is 9.55. The minimum atomic E-state index is -3.98. The Hall–Kier alpha value is -1.33. The highest BCUT2D eigenvalue weighted by atomic mass is 32.2. The number of aliphatic hydroxyl groups excluding tert-OH is 1. The average Bonchev–Trinajstić information content (AvgIpc) is 2.95. The summed E-state index contributed by atoms with van der Waals surface area (Å²) in [6, 6.07) is 5.55. The zero-order valence-electron chi connectivity index (χ0n) is 17.2. The number of nitrogens with one attached hydrogen (secondary N) is 1. The lowest BCUT2D eigenvalue weighted by Crippen LogP contribution is -2.43. The van der Waals surface area contributed by atoms with Crippen LogP contribution in [-0.2, 0) is 21.5 Å². The minimum Gasteiger partial charge on any atom is -0.393 e. The molecule has 0 bridgehead atoms. The highest BCUT2D eigenvalue weighted by Crippen LogP contribution is 2.60. The molecule has 2 fully saturated rings. The topological polar surface area (TPSA) is 139 Å². The fourth-order valence-corrected chi connectivity index (χ4v) is 6.28. The molecule has 0 radical (unpaired) electrons. The van der Waals surface area contributed by atoms with Crippen LogP contribution >= 0.6 is 12.2 Å². The third kappa shape index (κ3) is 4.94. The highest BCUT2D eigenvalue weighted by Gasteiger charge is 2.54. The number of carbonyl (C=O) groups excluding carboxylic acids is 1. The first-order chi connectivity index (χ1) is 14.0. The van der Waals surface area contributed by atoms with Gasteiger partial charge in [-0.05, 0) is 85.0 Å². The van der Waals surface area contributed by atoms with Gasteiger partial charge in [-0.15, -0.1) is 0 Å². The van der Waals surface area contributed by atoms with E-state index in [4.69, 9.17) is 13.9 Å². The fraction of sp³-hybridized carbons (Fsp3) is 0.650. The van der Waals surface area contributed by atoms with Crippen LogP contribution in [-0.4, -0.2) is 30.1 Å². The van der Waals surface area contributed by atoms with E-state index in [2.05, 4.69) is 6.92 Å². The molecule has 1 aromatic rings.